The number of thiazole rings is 1. The van der Waals surface area contributed by atoms with Crippen molar-refractivity contribution in [3.05, 3.63) is 40.2 Å². The predicted molar refractivity (Wildman–Crippen MR) is 61.7 cm³/mol. The standard InChI is InChI=1S/C12H13NS/c1-3-10-4-6-11(7-5-10)12-8-14-9(2)13-12/h4-8H,3H2,1-2H3. The van der Waals surface area contributed by atoms with Crippen LogP contribution < -0.4 is 0 Å². The van der Waals surface area contributed by atoms with Crippen molar-refractivity contribution in [3.8, 4) is 11.3 Å². The summed E-state index contributed by atoms with van der Waals surface area (Å²) >= 11 is 1.70. The minimum absolute atomic E-state index is 1.09. The average Bonchev–Trinajstić information content (AvgIpc) is 2.65. The molecule has 0 fully saturated rings. The van der Waals surface area contributed by atoms with Gasteiger partial charge in [0, 0.05) is 10.9 Å². The third-order valence-corrected chi connectivity index (χ3v) is 3.05. The van der Waals surface area contributed by atoms with Gasteiger partial charge in [0.15, 0.2) is 0 Å². The van der Waals surface area contributed by atoms with Crippen LogP contribution in [0.25, 0.3) is 11.3 Å². The molecular weight excluding hydrogens is 190 g/mol. The summed E-state index contributed by atoms with van der Waals surface area (Å²) in [5.74, 6) is 0. The van der Waals surface area contributed by atoms with Crippen LogP contribution in [-0.4, -0.2) is 4.98 Å². The summed E-state index contributed by atoms with van der Waals surface area (Å²) in [6.45, 7) is 4.20. The second-order valence-corrected chi connectivity index (χ2v) is 4.36. The first-order chi connectivity index (χ1) is 6.79. The van der Waals surface area contributed by atoms with Crippen molar-refractivity contribution in [2.45, 2.75) is 20.3 Å². The molecule has 2 aromatic rings. The Hall–Kier alpha value is -1.15. The number of nitrogens with zero attached hydrogens (tertiary/aromatic N) is 1. The topological polar surface area (TPSA) is 12.9 Å². The Kier molecular flexibility index (Phi) is 2.64. The Bertz CT molecular complexity index is 414. The molecule has 1 aromatic heterocycles. The van der Waals surface area contributed by atoms with Gasteiger partial charge in [-0.05, 0) is 18.9 Å². The first kappa shape index (κ1) is 9.41. The summed E-state index contributed by atoms with van der Waals surface area (Å²) in [6.07, 6.45) is 1.09. The Morgan fingerprint density at radius 2 is 1.93 bits per heavy atom. The SMILES string of the molecule is CCc1ccc(-c2csc(C)n2)cc1. The summed E-state index contributed by atoms with van der Waals surface area (Å²) in [5.41, 5.74) is 3.68. The van der Waals surface area contributed by atoms with Crippen LogP contribution in [0.15, 0.2) is 29.6 Å². The van der Waals surface area contributed by atoms with Crippen LogP contribution in [0.3, 0.4) is 0 Å². The third-order valence-electron chi connectivity index (χ3n) is 2.28. The third kappa shape index (κ3) is 1.85. The van der Waals surface area contributed by atoms with E-state index in [0.717, 1.165) is 17.1 Å². The lowest BCUT2D eigenvalue weighted by molar-refractivity contribution is 1.14. The van der Waals surface area contributed by atoms with E-state index in [2.05, 4.69) is 41.6 Å². The Labute approximate surface area is 88.4 Å². The van der Waals surface area contributed by atoms with Crippen molar-refractivity contribution < 1.29 is 0 Å². The van der Waals surface area contributed by atoms with Crippen LogP contribution in [-0.2, 0) is 6.42 Å². The molecule has 0 saturated carbocycles. The molecule has 1 nitrogen and oxygen atoms in total. The van der Waals surface area contributed by atoms with E-state index in [-0.39, 0.29) is 0 Å². The van der Waals surface area contributed by atoms with Crippen molar-refractivity contribution in [1.82, 2.24) is 4.98 Å². The van der Waals surface area contributed by atoms with Crippen molar-refractivity contribution in [2.24, 2.45) is 0 Å². The molecule has 0 bridgehead atoms. The fraction of sp³-hybridized carbons (Fsp3) is 0.250. The number of aryl methyl sites for hydroxylation is 2. The van der Waals surface area contributed by atoms with Gasteiger partial charge in [-0.15, -0.1) is 11.3 Å². The first-order valence-corrected chi connectivity index (χ1v) is 5.69. The van der Waals surface area contributed by atoms with E-state index in [1.54, 1.807) is 11.3 Å². The lowest BCUT2D eigenvalue weighted by Gasteiger charge is -1.98. The summed E-state index contributed by atoms with van der Waals surface area (Å²) in [5, 5.41) is 3.23. The summed E-state index contributed by atoms with van der Waals surface area (Å²) in [7, 11) is 0. The number of benzene rings is 1. The first-order valence-electron chi connectivity index (χ1n) is 4.81. The number of rotatable bonds is 2. The molecule has 0 atom stereocenters. The fourth-order valence-corrected chi connectivity index (χ4v) is 2.03. The molecular formula is C12H13NS. The zero-order valence-corrected chi connectivity index (χ0v) is 9.27. The molecule has 0 aliphatic rings. The highest BCUT2D eigenvalue weighted by Gasteiger charge is 2.00. The van der Waals surface area contributed by atoms with E-state index in [9.17, 15) is 0 Å². The van der Waals surface area contributed by atoms with E-state index in [1.165, 1.54) is 11.1 Å². The molecule has 0 saturated heterocycles. The molecule has 0 radical (unpaired) electrons. The van der Waals surface area contributed by atoms with Gasteiger partial charge in [0.1, 0.15) is 0 Å². The molecule has 1 heterocycles. The zero-order valence-electron chi connectivity index (χ0n) is 8.45. The van der Waals surface area contributed by atoms with Gasteiger partial charge >= 0.3 is 0 Å². The van der Waals surface area contributed by atoms with Crippen LogP contribution in [0.4, 0.5) is 0 Å². The quantitative estimate of drug-likeness (QED) is 0.725. The Morgan fingerprint density at radius 1 is 1.21 bits per heavy atom. The highest BCUT2D eigenvalue weighted by Crippen LogP contribution is 2.21. The molecule has 72 valence electrons. The minimum Gasteiger partial charge on any atom is -0.242 e. The van der Waals surface area contributed by atoms with E-state index < -0.39 is 0 Å². The molecule has 14 heavy (non-hydrogen) atoms. The lowest BCUT2D eigenvalue weighted by Crippen LogP contribution is -1.81. The molecule has 1 aromatic carbocycles. The molecule has 0 N–H and O–H groups in total. The zero-order chi connectivity index (χ0) is 9.97. The maximum absolute atomic E-state index is 4.45. The Balaban J connectivity index is 2.33. The monoisotopic (exact) mass is 203 g/mol. The van der Waals surface area contributed by atoms with Crippen molar-refractivity contribution in [2.75, 3.05) is 0 Å². The van der Waals surface area contributed by atoms with Crippen molar-refractivity contribution >= 4 is 11.3 Å². The van der Waals surface area contributed by atoms with Crippen molar-refractivity contribution in [3.63, 3.8) is 0 Å². The van der Waals surface area contributed by atoms with Gasteiger partial charge < -0.3 is 0 Å². The van der Waals surface area contributed by atoms with Gasteiger partial charge in [0.05, 0.1) is 10.7 Å². The summed E-state index contributed by atoms with van der Waals surface area (Å²) < 4.78 is 0. The smallest absolute Gasteiger partial charge is 0.0901 e. The van der Waals surface area contributed by atoms with E-state index in [1.807, 2.05) is 6.92 Å². The molecule has 2 heteroatoms. The molecule has 2 rings (SSSR count). The van der Waals surface area contributed by atoms with Gasteiger partial charge in [-0.2, -0.15) is 0 Å². The summed E-state index contributed by atoms with van der Waals surface area (Å²) in [4.78, 5) is 4.45. The maximum Gasteiger partial charge on any atom is 0.0901 e. The van der Waals surface area contributed by atoms with Gasteiger partial charge in [-0.25, -0.2) is 4.98 Å². The van der Waals surface area contributed by atoms with Gasteiger partial charge in [-0.1, -0.05) is 31.2 Å². The lowest BCUT2D eigenvalue weighted by atomic mass is 10.1. The highest BCUT2D eigenvalue weighted by atomic mass is 32.1. The largest absolute Gasteiger partial charge is 0.242 e. The normalized spacial score (nSPS) is 10.4. The van der Waals surface area contributed by atoms with Gasteiger partial charge in [-0.3, -0.25) is 0 Å². The van der Waals surface area contributed by atoms with Crippen LogP contribution in [0.2, 0.25) is 0 Å². The second-order valence-electron chi connectivity index (χ2n) is 3.30. The average molecular weight is 203 g/mol. The van der Waals surface area contributed by atoms with Gasteiger partial charge in [0.25, 0.3) is 0 Å². The molecule has 0 amide bonds. The van der Waals surface area contributed by atoms with Crippen LogP contribution in [0.1, 0.15) is 17.5 Å². The van der Waals surface area contributed by atoms with E-state index >= 15 is 0 Å². The molecule has 0 spiro atoms. The predicted octanol–water partition coefficient (Wildman–Crippen LogP) is 3.68. The minimum atomic E-state index is 1.09. The molecule has 0 aliphatic carbocycles. The van der Waals surface area contributed by atoms with Crippen LogP contribution in [0.5, 0.6) is 0 Å². The maximum atomic E-state index is 4.45. The van der Waals surface area contributed by atoms with E-state index in [4.69, 9.17) is 0 Å². The second kappa shape index (κ2) is 3.93. The number of aromatic nitrogens is 1. The van der Waals surface area contributed by atoms with Gasteiger partial charge in [0.2, 0.25) is 0 Å². The fourth-order valence-electron chi connectivity index (χ4n) is 1.41. The van der Waals surface area contributed by atoms with Crippen LogP contribution in [0, 0.1) is 6.92 Å². The van der Waals surface area contributed by atoms with E-state index in [0.29, 0.717) is 0 Å². The van der Waals surface area contributed by atoms with Crippen LogP contribution >= 0.6 is 11.3 Å². The molecule has 0 unspecified atom stereocenters. The summed E-state index contributed by atoms with van der Waals surface area (Å²) in [6, 6.07) is 8.63. The van der Waals surface area contributed by atoms with Crippen molar-refractivity contribution in [1.29, 1.82) is 0 Å². The number of hydrogen-bond acceptors (Lipinski definition) is 2. The highest BCUT2D eigenvalue weighted by molar-refractivity contribution is 7.09. The Morgan fingerprint density at radius 3 is 2.43 bits per heavy atom. The number of hydrogen-bond donors (Lipinski definition) is 0. The molecule has 0 aliphatic heterocycles.